The monoisotopic (exact) mass is 495 g/mol. The van der Waals surface area contributed by atoms with E-state index in [-0.39, 0.29) is 18.2 Å². The van der Waals surface area contributed by atoms with Crippen LogP contribution in [0.4, 0.5) is 10.1 Å². The molecule has 1 saturated heterocycles. The first-order chi connectivity index (χ1) is 16.0. The van der Waals surface area contributed by atoms with Crippen LogP contribution in [0.25, 0.3) is 0 Å². The van der Waals surface area contributed by atoms with Gasteiger partial charge in [0.25, 0.3) is 0 Å². The molecule has 10 heteroatoms. The molecular weight excluding hydrogens is 457 g/mol. The van der Waals surface area contributed by atoms with Crippen LogP contribution in [0.3, 0.4) is 0 Å². The number of hydrogen-bond acceptors (Lipinski definition) is 6. The lowest BCUT2D eigenvalue weighted by Gasteiger charge is -2.37. The summed E-state index contributed by atoms with van der Waals surface area (Å²) in [4.78, 5) is 12.1. The van der Waals surface area contributed by atoms with Crippen molar-refractivity contribution in [2.24, 2.45) is 21.6 Å². The van der Waals surface area contributed by atoms with Crippen LogP contribution in [0, 0.1) is 11.7 Å². The van der Waals surface area contributed by atoms with Crippen LogP contribution in [0.15, 0.2) is 28.2 Å². The predicted molar refractivity (Wildman–Crippen MR) is 138 cm³/mol. The maximum absolute atomic E-state index is 13.9. The fraction of sp³-hybridized carbons (Fsp3) is 0.667. The number of guanidine groups is 2. The van der Waals surface area contributed by atoms with Gasteiger partial charge >= 0.3 is 0 Å². The molecule has 5 N–H and O–H groups in total. The van der Waals surface area contributed by atoms with E-state index < -0.39 is 11.6 Å². The van der Waals surface area contributed by atoms with E-state index in [1.165, 1.54) is 51.7 Å². The number of nitrogens with one attached hydrogen (secondary N) is 3. The third-order valence-corrected chi connectivity index (χ3v) is 6.99. The van der Waals surface area contributed by atoms with Gasteiger partial charge in [0.15, 0.2) is 17.4 Å². The van der Waals surface area contributed by atoms with Gasteiger partial charge in [0, 0.05) is 24.2 Å². The largest absolute Gasteiger partial charge is 0.494 e. The zero-order valence-electron chi connectivity index (χ0n) is 20.3. The van der Waals surface area contributed by atoms with E-state index in [0.717, 1.165) is 25.9 Å². The van der Waals surface area contributed by atoms with Crippen molar-refractivity contribution >= 4 is 30.0 Å². The average Bonchev–Trinajstić information content (AvgIpc) is 3.27. The Morgan fingerprint density at radius 2 is 2.06 bits per heavy atom. The third-order valence-electron chi connectivity index (χ3n) is 6.99. The lowest BCUT2D eigenvalue weighted by Crippen LogP contribution is -2.65. The quantitative estimate of drug-likeness (QED) is 0.461. The number of hydrogen-bond donors (Lipinski definition) is 4. The Bertz CT molecular complexity index is 877. The van der Waals surface area contributed by atoms with Crippen molar-refractivity contribution in [2.75, 3.05) is 32.1 Å². The second kappa shape index (κ2) is 12.0. The Balaban J connectivity index is 0.00000324. The molecule has 34 heavy (non-hydrogen) atoms. The van der Waals surface area contributed by atoms with Gasteiger partial charge in [0.2, 0.25) is 11.9 Å². The molecule has 1 aromatic rings. The number of nitrogens with zero attached hydrogens (tertiary/aromatic N) is 3. The Kier molecular flexibility index (Phi) is 9.39. The van der Waals surface area contributed by atoms with Crippen molar-refractivity contribution in [3.05, 3.63) is 24.0 Å². The average molecular weight is 496 g/mol. The lowest BCUT2D eigenvalue weighted by molar-refractivity contribution is 0.245. The standard InChI is InChI=1S/C24H38FN7O.ClH/c1-3-32-13-7-10-19(32)16-27-22-29-23(28-18-11-12-20(25)21(14-18)33-2)31-24(26,30-22)15-17-8-5-4-6-9-17;/h11-12,14,17,19H,3-10,13,15-16,26H2,1-2H3,(H3,27,28,29,30,31);1H. The molecule has 1 aromatic carbocycles. The smallest absolute Gasteiger partial charge is 0.206 e. The molecule has 0 bridgehead atoms. The first-order valence-corrected chi connectivity index (χ1v) is 12.3. The molecule has 0 amide bonds. The zero-order chi connectivity index (χ0) is 23.3. The highest BCUT2D eigenvalue weighted by molar-refractivity contribution is 6.07. The highest BCUT2D eigenvalue weighted by Gasteiger charge is 2.34. The molecule has 190 valence electrons. The van der Waals surface area contributed by atoms with E-state index in [9.17, 15) is 4.39 Å². The van der Waals surface area contributed by atoms with Crippen molar-refractivity contribution < 1.29 is 9.13 Å². The van der Waals surface area contributed by atoms with E-state index >= 15 is 0 Å². The van der Waals surface area contributed by atoms with Crippen molar-refractivity contribution in [1.29, 1.82) is 0 Å². The van der Waals surface area contributed by atoms with Gasteiger partial charge in [-0.05, 0) is 44.0 Å². The minimum atomic E-state index is -0.946. The van der Waals surface area contributed by atoms with Gasteiger partial charge in [-0.15, -0.1) is 12.4 Å². The van der Waals surface area contributed by atoms with Crippen LogP contribution >= 0.6 is 12.4 Å². The second-order valence-electron chi connectivity index (χ2n) is 9.43. The summed E-state index contributed by atoms with van der Waals surface area (Å²) in [6.07, 6.45) is 9.28. The Hall–Kier alpha value is -2.10. The molecule has 0 aromatic heterocycles. The fourth-order valence-corrected chi connectivity index (χ4v) is 5.26. The van der Waals surface area contributed by atoms with Gasteiger partial charge in [-0.2, -0.15) is 0 Å². The molecule has 2 heterocycles. The van der Waals surface area contributed by atoms with Crippen molar-refractivity contribution in [3.8, 4) is 5.75 Å². The van der Waals surface area contributed by atoms with E-state index in [2.05, 4.69) is 27.8 Å². The van der Waals surface area contributed by atoms with E-state index in [1.807, 2.05) is 0 Å². The minimum Gasteiger partial charge on any atom is -0.494 e. The lowest BCUT2D eigenvalue weighted by atomic mass is 9.85. The molecule has 8 nitrogen and oxygen atoms in total. The van der Waals surface area contributed by atoms with Crippen LogP contribution in [0.1, 0.15) is 58.3 Å². The van der Waals surface area contributed by atoms with E-state index in [1.54, 1.807) is 12.1 Å². The highest BCUT2D eigenvalue weighted by atomic mass is 35.5. The van der Waals surface area contributed by atoms with Gasteiger partial charge < -0.3 is 15.4 Å². The summed E-state index contributed by atoms with van der Waals surface area (Å²) < 4.78 is 19.0. The zero-order valence-corrected chi connectivity index (χ0v) is 21.1. The van der Waals surface area contributed by atoms with E-state index in [0.29, 0.717) is 36.1 Å². The SMILES string of the molecule is CCN1CCCC1CN=C1NC(Nc2ccc(F)c(OC)c2)=NC(N)(CC2CCCCC2)N1.Cl. The summed E-state index contributed by atoms with van der Waals surface area (Å²) in [6.45, 7) is 5.08. The number of likely N-dealkylation sites (N-methyl/N-ethyl adjacent to an activating group) is 1. The number of methoxy groups -OCH3 is 1. The summed E-state index contributed by atoms with van der Waals surface area (Å²) in [5.74, 6) is 0.482. The number of anilines is 1. The van der Waals surface area contributed by atoms with Crippen LogP contribution in [-0.4, -0.2) is 55.4 Å². The minimum absolute atomic E-state index is 0. The number of nitrogens with two attached hydrogens (primary N) is 1. The molecule has 1 aliphatic carbocycles. The maximum atomic E-state index is 13.9. The molecule has 0 radical (unpaired) electrons. The number of ether oxygens (including phenoxy) is 1. The van der Waals surface area contributed by atoms with Crippen molar-refractivity contribution in [2.45, 2.75) is 70.1 Å². The van der Waals surface area contributed by atoms with Gasteiger partial charge in [-0.1, -0.05) is 39.0 Å². The fourth-order valence-electron chi connectivity index (χ4n) is 5.26. The highest BCUT2D eigenvalue weighted by Crippen LogP contribution is 2.30. The van der Waals surface area contributed by atoms with Crippen molar-refractivity contribution in [1.82, 2.24) is 15.5 Å². The molecule has 0 spiro atoms. The van der Waals surface area contributed by atoms with Crippen LogP contribution < -0.4 is 26.4 Å². The number of halogens is 2. The Morgan fingerprint density at radius 3 is 2.79 bits per heavy atom. The number of benzene rings is 1. The first-order valence-electron chi connectivity index (χ1n) is 12.3. The van der Waals surface area contributed by atoms with Crippen LogP contribution in [-0.2, 0) is 0 Å². The molecule has 4 rings (SSSR count). The Morgan fingerprint density at radius 1 is 1.26 bits per heavy atom. The van der Waals surface area contributed by atoms with Gasteiger partial charge in [-0.25, -0.2) is 9.38 Å². The molecule has 3 aliphatic rings. The topological polar surface area (TPSA) is 99.3 Å². The summed E-state index contributed by atoms with van der Waals surface area (Å²) in [7, 11) is 1.45. The summed E-state index contributed by atoms with van der Waals surface area (Å²) >= 11 is 0. The Labute approximate surface area is 208 Å². The van der Waals surface area contributed by atoms with Crippen LogP contribution in [0.5, 0.6) is 5.75 Å². The molecule has 2 atom stereocenters. The van der Waals surface area contributed by atoms with Crippen LogP contribution in [0.2, 0.25) is 0 Å². The van der Waals surface area contributed by atoms with Gasteiger partial charge in [-0.3, -0.25) is 20.9 Å². The molecule has 2 fully saturated rings. The molecule has 1 saturated carbocycles. The van der Waals surface area contributed by atoms with E-state index in [4.69, 9.17) is 20.5 Å². The van der Waals surface area contributed by atoms with Gasteiger partial charge in [0.05, 0.1) is 13.7 Å². The normalized spacial score (nSPS) is 26.9. The summed E-state index contributed by atoms with van der Waals surface area (Å²) in [6, 6.07) is 5.08. The third kappa shape index (κ3) is 6.73. The molecular formula is C24H39ClFN7O. The summed E-state index contributed by atoms with van der Waals surface area (Å²) in [5, 5.41) is 9.85. The number of aliphatic imine (C=N–C) groups is 2. The molecule has 2 unspecified atom stereocenters. The number of likely N-dealkylation sites (tertiary alicyclic amines) is 1. The van der Waals surface area contributed by atoms with Crippen molar-refractivity contribution in [3.63, 3.8) is 0 Å². The predicted octanol–water partition coefficient (Wildman–Crippen LogP) is 3.64. The first kappa shape index (κ1) is 26.5. The van der Waals surface area contributed by atoms with Gasteiger partial charge in [0.1, 0.15) is 0 Å². The second-order valence-corrected chi connectivity index (χ2v) is 9.43. The maximum Gasteiger partial charge on any atom is 0.206 e. The molecule has 2 aliphatic heterocycles. The number of rotatable bonds is 7. The summed E-state index contributed by atoms with van der Waals surface area (Å²) in [5.41, 5.74) is 7.45.